The summed E-state index contributed by atoms with van der Waals surface area (Å²) in [6, 6.07) is 2.12. The molecule has 1 unspecified atom stereocenters. The molecule has 1 atom stereocenters. The van der Waals surface area contributed by atoms with Crippen molar-refractivity contribution in [2.75, 3.05) is 19.6 Å². The van der Waals surface area contributed by atoms with Crippen molar-refractivity contribution < 1.29 is 8.78 Å². The standard InChI is InChI=1S/C8H12F2N2/c9-8(10)6-12-3-1-2-7(4-11)5-12/h7-8H,1-3,5-6H2. The van der Waals surface area contributed by atoms with Crippen LogP contribution in [0, 0.1) is 17.2 Å². The van der Waals surface area contributed by atoms with Gasteiger partial charge in [0, 0.05) is 6.54 Å². The van der Waals surface area contributed by atoms with E-state index in [0.29, 0.717) is 13.1 Å². The summed E-state index contributed by atoms with van der Waals surface area (Å²) in [6.07, 6.45) is -0.552. The van der Waals surface area contributed by atoms with Crippen LogP contribution >= 0.6 is 0 Å². The summed E-state index contributed by atoms with van der Waals surface area (Å²) >= 11 is 0. The molecule has 0 aromatic heterocycles. The minimum absolute atomic E-state index is 0.0440. The Morgan fingerprint density at radius 1 is 1.58 bits per heavy atom. The molecule has 68 valence electrons. The summed E-state index contributed by atoms with van der Waals surface area (Å²) in [5.74, 6) is -0.0440. The normalized spacial score (nSPS) is 25.7. The van der Waals surface area contributed by atoms with Gasteiger partial charge in [-0.2, -0.15) is 5.26 Å². The van der Waals surface area contributed by atoms with E-state index in [4.69, 9.17) is 5.26 Å². The monoisotopic (exact) mass is 174 g/mol. The summed E-state index contributed by atoms with van der Waals surface area (Å²) in [5.41, 5.74) is 0. The third-order valence-electron chi connectivity index (χ3n) is 2.08. The van der Waals surface area contributed by atoms with Crippen LogP contribution in [0.1, 0.15) is 12.8 Å². The molecule has 0 amide bonds. The third-order valence-corrected chi connectivity index (χ3v) is 2.08. The molecular formula is C8H12F2N2. The summed E-state index contributed by atoms with van der Waals surface area (Å²) in [5, 5.41) is 8.58. The average molecular weight is 174 g/mol. The van der Waals surface area contributed by atoms with E-state index in [-0.39, 0.29) is 12.5 Å². The zero-order valence-corrected chi connectivity index (χ0v) is 6.84. The zero-order valence-electron chi connectivity index (χ0n) is 6.84. The first-order valence-electron chi connectivity index (χ1n) is 4.12. The van der Waals surface area contributed by atoms with Crippen molar-refractivity contribution in [3.05, 3.63) is 0 Å². The van der Waals surface area contributed by atoms with Gasteiger partial charge in [0.05, 0.1) is 18.5 Å². The van der Waals surface area contributed by atoms with Crippen molar-refractivity contribution in [1.82, 2.24) is 4.90 Å². The van der Waals surface area contributed by atoms with Crippen LogP contribution < -0.4 is 0 Å². The first-order chi connectivity index (χ1) is 5.72. The van der Waals surface area contributed by atoms with E-state index in [0.717, 1.165) is 12.8 Å². The van der Waals surface area contributed by atoms with E-state index in [1.165, 1.54) is 0 Å². The van der Waals surface area contributed by atoms with E-state index in [1.807, 2.05) is 0 Å². The first-order valence-corrected chi connectivity index (χ1v) is 4.12. The molecule has 0 aliphatic carbocycles. The number of nitriles is 1. The van der Waals surface area contributed by atoms with Crippen LogP contribution in [-0.4, -0.2) is 31.0 Å². The van der Waals surface area contributed by atoms with E-state index in [9.17, 15) is 8.78 Å². The number of likely N-dealkylation sites (tertiary alicyclic amines) is 1. The Bertz CT molecular complexity index is 176. The predicted octanol–water partition coefficient (Wildman–Crippen LogP) is 1.49. The number of piperidine rings is 1. The first kappa shape index (κ1) is 9.40. The molecule has 2 nitrogen and oxygen atoms in total. The van der Waals surface area contributed by atoms with E-state index >= 15 is 0 Å². The number of alkyl halides is 2. The van der Waals surface area contributed by atoms with Gasteiger partial charge < -0.3 is 0 Å². The van der Waals surface area contributed by atoms with Crippen molar-refractivity contribution in [3.8, 4) is 6.07 Å². The lowest BCUT2D eigenvalue weighted by Crippen LogP contribution is -2.37. The Morgan fingerprint density at radius 3 is 2.92 bits per heavy atom. The topological polar surface area (TPSA) is 27.0 Å². The van der Waals surface area contributed by atoms with Crippen molar-refractivity contribution >= 4 is 0 Å². The fourth-order valence-electron chi connectivity index (χ4n) is 1.52. The van der Waals surface area contributed by atoms with Crippen LogP contribution in [0.3, 0.4) is 0 Å². The summed E-state index contributed by atoms with van der Waals surface area (Å²) in [6.45, 7) is 1.04. The summed E-state index contributed by atoms with van der Waals surface area (Å²) in [4.78, 5) is 1.67. The average Bonchev–Trinajstić information content (AvgIpc) is 2.03. The molecule has 0 aromatic carbocycles. The van der Waals surface area contributed by atoms with Gasteiger partial charge in [-0.1, -0.05) is 0 Å². The minimum atomic E-state index is -2.28. The number of halogens is 2. The highest BCUT2D eigenvalue weighted by atomic mass is 19.3. The van der Waals surface area contributed by atoms with Crippen molar-refractivity contribution in [3.63, 3.8) is 0 Å². The van der Waals surface area contributed by atoms with Gasteiger partial charge in [0.2, 0.25) is 0 Å². The van der Waals surface area contributed by atoms with Gasteiger partial charge in [-0.15, -0.1) is 0 Å². The second-order valence-corrected chi connectivity index (χ2v) is 3.12. The minimum Gasteiger partial charge on any atom is -0.296 e. The van der Waals surface area contributed by atoms with Gasteiger partial charge in [-0.05, 0) is 19.4 Å². The molecular weight excluding hydrogens is 162 g/mol. The Labute approximate surface area is 70.8 Å². The van der Waals surface area contributed by atoms with E-state index in [1.54, 1.807) is 4.90 Å². The molecule has 0 aromatic rings. The van der Waals surface area contributed by atoms with Crippen molar-refractivity contribution in [2.45, 2.75) is 19.3 Å². The maximum Gasteiger partial charge on any atom is 0.251 e. The fraction of sp³-hybridized carbons (Fsp3) is 0.875. The predicted molar refractivity (Wildman–Crippen MR) is 40.8 cm³/mol. The fourth-order valence-corrected chi connectivity index (χ4v) is 1.52. The Hall–Kier alpha value is -0.690. The maximum atomic E-state index is 11.9. The van der Waals surface area contributed by atoms with Crippen molar-refractivity contribution in [1.29, 1.82) is 5.26 Å². The van der Waals surface area contributed by atoms with Crippen LogP contribution in [-0.2, 0) is 0 Å². The molecule has 1 saturated heterocycles. The van der Waals surface area contributed by atoms with Gasteiger partial charge in [0.1, 0.15) is 0 Å². The molecule has 12 heavy (non-hydrogen) atoms. The highest BCUT2D eigenvalue weighted by molar-refractivity contribution is 4.88. The van der Waals surface area contributed by atoms with Crippen LogP contribution in [0.5, 0.6) is 0 Å². The molecule has 0 bridgehead atoms. The largest absolute Gasteiger partial charge is 0.296 e. The second-order valence-electron chi connectivity index (χ2n) is 3.12. The number of hydrogen-bond acceptors (Lipinski definition) is 2. The van der Waals surface area contributed by atoms with Crippen molar-refractivity contribution in [2.24, 2.45) is 5.92 Å². The Morgan fingerprint density at radius 2 is 2.33 bits per heavy atom. The van der Waals surface area contributed by atoms with Crippen LogP contribution in [0.4, 0.5) is 8.78 Å². The summed E-state index contributed by atoms with van der Waals surface area (Å²) < 4.78 is 23.9. The van der Waals surface area contributed by atoms with Gasteiger partial charge in [0.15, 0.2) is 0 Å². The Kier molecular flexibility index (Phi) is 3.42. The molecule has 1 fully saturated rings. The highest BCUT2D eigenvalue weighted by Gasteiger charge is 2.21. The Balaban J connectivity index is 2.32. The lowest BCUT2D eigenvalue weighted by molar-refractivity contribution is 0.0716. The number of rotatable bonds is 2. The van der Waals surface area contributed by atoms with E-state index < -0.39 is 6.43 Å². The van der Waals surface area contributed by atoms with E-state index in [2.05, 4.69) is 6.07 Å². The van der Waals surface area contributed by atoms with Crippen LogP contribution in [0.15, 0.2) is 0 Å². The smallest absolute Gasteiger partial charge is 0.251 e. The van der Waals surface area contributed by atoms with Crippen LogP contribution in [0.25, 0.3) is 0 Å². The number of hydrogen-bond donors (Lipinski definition) is 0. The lowest BCUT2D eigenvalue weighted by atomic mass is 10.00. The molecule has 1 aliphatic heterocycles. The van der Waals surface area contributed by atoms with Gasteiger partial charge >= 0.3 is 0 Å². The zero-order chi connectivity index (χ0) is 8.97. The van der Waals surface area contributed by atoms with Gasteiger partial charge in [-0.3, -0.25) is 4.90 Å². The summed E-state index contributed by atoms with van der Waals surface area (Å²) in [7, 11) is 0. The number of nitrogens with zero attached hydrogens (tertiary/aromatic N) is 2. The molecule has 0 radical (unpaired) electrons. The maximum absolute atomic E-state index is 11.9. The molecule has 1 heterocycles. The molecule has 4 heteroatoms. The second kappa shape index (κ2) is 4.36. The molecule has 1 rings (SSSR count). The molecule has 0 saturated carbocycles. The molecule has 0 spiro atoms. The van der Waals surface area contributed by atoms with Crippen LogP contribution in [0.2, 0.25) is 0 Å². The quantitative estimate of drug-likeness (QED) is 0.634. The van der Waals surface area contributed by atoms with Gasteiger partial charge in [-0.25, -0.2) is 8.78 Å². The third kappa shape index (κ3) is 2.74. The molecule has 0 N–H and O–H groups in total. The lowest BCUT2D eigenvalue weighted by Gasteiger charge is -2.28. The highest BCUT2D eigenvalue weighted by Crippen LogP contribution is 2.15. The van der Waals surface area contributed by atoms with Gasteiger partial charge in [0.25, 0.3) is 6.43 Å². The molecule has 1 aliphatic rings. The SMILES string of the molecule is N#CC1CCCN(CC(F)F)C1.